The van der Waals surface area contributed by atoms with Crippen LogP contribution in [0.2, 0.25) is 0 Å². The quantitative estimate of drug-likeness (QED) is 0.322. The lowest BCUT2D eigenvalue weighted by molar-refractivity contribution is -0.153. The molecule has 5 heteroatoms. The van der Waals surface area contributed by atoms with Gasteiger partial charge >= 0.3 is 11.9 Å². The molecule has 0 bridgehead atoms. The number of hydrogen-bond acceptors (Lipinski definition) is 4. The molecule has 1 unspecified atom stereocenters. The maximum absolute atomic E-state index is 11.6. The molecule has 0 heterocycles. The lowest BCUT2D eigenvalue weighted by atomic mass is 10.1. The molecule has 0 saturated carbocycles. The number of halogens is 1. The third-order valence-electron chi connectivity index (χ3n) is 2.84. The van der Waals surface area contributed by atoms with Crippen LogP contribution in [0.25, 0.3) is 0 Å². The van der Waals surface area contributed by atoms with E-state index in [0.29, 0.717) is 18.4 Å². The van der Waals surface area contributed by atoms with Crippen molar-refractivity contribution >= 4 is 27.9 Å². The van der Waals surface area contributed by atoms with Gasteiger partial charge in [-0.05, 0) is 12.3 Å². The van der Waals surface area contributed by atoms with Gasteiger partial charge in [-0.1, -0.05) is 56.0 Å². The van der Waals surface area contributed by atoms with Crippen molar-refractivity contribution in [3.8, 4) is 0 Å². The summed E-state index contributed by atoms with van der Waals surface area (Å²) in [6.07, 6.45) is 4.36. The van der Waals surface area contributed by atoms with Gasteiger partial charge in [0.15, 0.2) is 0 Å². The van der Waals surface area contributed by atoms with Crippen molar-refractivity contribution in [2.45, 2.75) is 65.4 Å². The Morgan fingerprint density at radius 1 is 1.10 bits per heavy atom. The second kappa shape index (κ2) is 12.2. The Labute approximate surface area is 130 Å². The average molecular weight is 351 g/mol. The normalized spacial score (nSPS) is 12.2. The molecule has 20 heavy (non-hydrogen) atoms. The molecule has 0 radical (unpaired) electrons. The fourth-order valence-corrected chi connectivity index (χ4v) is 2.02. The van der Waals surface area contributed by atoms with Gasteiger partial charge in [0.1, 0.15) is 6.10 Å². The number of rotatable bonds is 11. The highest BCUT2D eigenvalue weighted by atomic mass is 79.9. The van der Waals surface area contributed by atoms with Crippen molar-refractivity contribution in [1.82, 2.24) is 0 Å². The van der Waals surface area contributed by atoms with Gasteiger partial charge in [-0.15, -0.1) is 0 Å². The van der Waals surface area contributed by atoms with Crippen LogP contribution in [-0.2, 0) is 19.1 Å². The third-order valence-corrected chi connectivity index (χ3v) is 3.56. The number of carbonyl (C=O) groups is 2. The van der Waals surface area contributed by atoms with Crippen molar-refractivity contribution in [2.75, 3.05) is 11.9 Å². The van der Waals surface area contributed by atoms with Crippen LogP contribution >= 0.6 is 15.9 Å². The van der Waals surface area contributed by atoms with E-state index in [1.54, 1.807) is 6.92 Å². The number of esters is 2. The van der Waals surface area contributed by atoms with Crippen molar-refractivity contribution in [3.63, 3.8) is 0 Å². The van der Waals surface area contributed by atoms with Crippen LogP contribution < -0.4 is 0 Å². The molecule has 1 atom stereocenters. The monoisotopic (exact) mass is 350 g/mol. The fourth-order valence-electron chi connectivity index (χ4n) is 1.66. The highest BCUT2D eigenvalue weighted by molar-refractivity contribution is 9.09. The molecule has 0 spiro atoms. The lowest BCUT2D eigenvalue weighted by Crippen LogP contribution is -2.24. The number of carbonyl (C=O) groups excluding carboxylic acids is 2. The number of unbranched alkanes of at least 4 members (excludes halogenated alkanes) is 2. The molecule has 0 aromatic heterocycles. The second-order valence-electron chi connectivity index (χ2n) is 5.29. The maximum Gasteiger partial charge on any atom is 0.309 e. The molecule has 0 fully saturated rings. The number of alkyl halides is 1. The first-order chi connectivity index (χ1) is 9.49. The van der Waals surface area contributed by atoms with E-state index in [2.05, 4.69) is 29.8 Å². The van der Waals surface area contributed by atoms with Crippen molar-refractivity contribution in [1.29, 1.82) is 0 Å². The first-order valence-corrected chi connectivity index (χ1v) is 8.52. The highest BCUT2D eigenvalue weighted by Crippen LogP contribution is 2.09. The van der Waals surface area contributed by atoms with E-state index < -0.39 is 6.10 Å². The Morgan fingerprint density at radius 2 is 1.80 bits per heavy atom. The molecule has 0 aromatic rings. The molecule has 0 aliphatic rings. The minimum absolute atomic E-state index is 0.114. The summed E-state index contributed by atoms with van der Waals surface area (Å²) in [6.45, 7) is 6.59. The average Bonchev–Trinajstić information content (AvgIpc) is 2.41. The SMILES string of the molecule is CCC(=O)OC(CBr)CC(=O)OCCCCCC(C)C. The van der Waals surface area contributed by atoms with Crippen LogP contribution in [0.1, 0.15) is 59.3 Å². The van der Waals surface area contributed by atoms with Crippen LogP contribution in [0.15, 0.2) is 0 Å². The molecule has 0 aliphatic carbocycles. The van der Waals surface area contributed by atoms with Crippen molar-refractivity contribution < 1.29 is 19.1 Å². The predicted octanol–water partition coefficient (Wildman–Crippen LogP) is 3.85. The third kappa shape index (κ3) is 11.3. The Bertz CT molecular complexity index is 279. The zero-order chi connectivity index (χ0) is 15.4. The molecule has 0 amide bonds. The summed E-state index contributed by atoms with van der Waals surface area (Å²) in [5, 5.41) is 0.447. The Balaban J connectivity index is 3.67. The van der Waals surface area contributed by atoms with E-state index >= 15 is 0 Å². The Morgan fingerprint density at radius 3 is 2.35 bits per heavy atom. The van der Waals surface area contributed by atoms with Gasteiger partial charge in [0.05, 0.1) is 13.0 Å². The highest BCUT2D eigenvalue weighted by Gasteiger charge is 2.17. The minimum Gasteiger partial charge on any atom is -0.466 e. The zero-order valence-electron chi connectivity index (χ0n) is 12.8. The van der Waals surface area contributed by atoms with E-state index in [1.165, 1.54) is 12.8 Å². The summed E-state index contributed by atoms with van der Waals surface area (Å²) in [4.78, 5) is 22.7. The van der Waals surface area contributed by atoms with Crippen LogP contribution in [0.3, 0.4) is 0 Å². The van der Waals surface area contributed by atoms with Crippen LogP contribution in [-0.4, -0.2) is 30.0 Å². The van der Waals surface area contributed by atoms with Gasteiger partial charge in [-0.3, -0.25) is 9.59 Å². The molecule has 0 N–H and O–H groups in total. The van der Waals surface area contributed by atoms with Gasteiger partial charge in [0.25, 0.3) is 0 Å². The van der Waals surface area contributed by atoms with E-state index in [0.717, 1.165) is 18.8 Å². The van der Waals surface area contributed by atoms with Gasteiger partial charge < -0.3 is 9.47 Å². The maximum atomic E-state index is 11.6. The molecule has 4 nitrogen and oxygen atoms in total. The van der Waals surface area contributed by atoms with Crippen molar-refractivity contribution in [2.24, 2.45) is 5.92 Å². The molecule has 0 saturated heterocycles. The van der Waals surface area contributed by atoms with Crippen LogP contribution in [0, 0.1) is 5.92 Å². The van der Waals surface area contributed by atoms with Gasteiger partial charge in [0.2, 0.25) is 0 Å². The van der Waals surface area contributed by atoms with Crippen LogP contribution in [0.4, 0.5) is 0 Å². The number of hydrogen-bond donors (Lipinski definition) is 0. The second-order valence-corrected chi connectivity index (χ2v) is 5.93. The minimum atomic E-state index is -0.434. The summed E-state index contributed by atoms with van der Waals surface area (Å²) >= 11 is 3.23. The largest absolute Gasteiger partial charge is 0.466 e. The summed E-state index contributed by atoms with van der Waals surface area (Å²) < 4.78 is 10.2. The standard InChI is InChI=1S/C15H27BrO4/c1-4-14(17)20-13(11-16)10-15(18)19-9-7-5-6-8-12(2)3/h12-13H,4-11H2,1-3H3. The van der Waals surface area contributed by atoms with Crippen molar-refractivity contribution in [3.05, 3.63) is 0 Å². The summed E-state index contributed by atoms with van der Waals surface area (Å²) in [7, 11) is 0. The molecule has 0 aromatic carbocycles. The van der Waals surface area contributed by atoms with Gasteiger partial charge in [-0.25, -0.2) is 0 Å². The predicted molar refractivity (Wildman–Crippen MR) is 82.8 cm³/mol. The smallest absolute Gasteiger partial charge is 0.309 e. The van der Waals surface area contributed by atoms with Gasteiger partial charge in [0, 0.05) is 11.8 Å². The summed E-state index contributed by atoms with van der Waals surface area (Å²) in [6, 6.07) is 0. The van der Waals surface area contributed by atoms with E-state index in [-0.39, 0.29) is 18.4 Å². The summed E-state index contributed by atoms with van der Waals surface area (Å²) in [5.41, 5.74) is 0. The van der Waals surface area contributed by atoms with E-state index in [4.69, 9.17) is 9.47 Å². The van der Waals surface area contributed by atoms with E-state index in [9.17, 15) is 9.59 Å². The topological polar surface area (TPSA) is 52.6 Å². The molecular weight excluding hydrogens is 324 g/mol. The van der Waals surface area contributed by atoms with Crippen LogP contribution in [0.5, 0.6) is 0 Å². The fraction of sp³-hybridized carbons (Fsp3) is 0.867. The first-order valence-electron chi connectivity index (χ1n) is 7.40. The first kappa shape index (κ1) is 19.4. The van der Waals surface area contributed by atoms with E-state index in [1.807, 2.05) is 0 Å². The number of ether oxygens (including phenoxy) is 2. The Hall–Kier alpha value is -0.580. The van der Waals surface area contributed by atoms with Gasteiger partial charge in [-0.2, -0.15) is 0 Å². The molecule has 118 valence electrons. The zero-order valence-corrected chi connectivity index (χ0v) is 14.4. The Kier molecular flexibility index (Phi) is 11.8. The molecule has 0 rings (SSSR count). The summed E-state index contributed by atoms with van der Waals surface area (Å²) in [5.74, 6) is 0.128. The molecular formula is C15H27BrO4. The lowest BCUT2D eigenvalue weighted by Gasteiger charge is -2.14. The molecule has 0 aliphatic heterocycles.